The normalized spacial score (nSPS) is 14.1. The number of rotatable bonds is 3. The molecule has 1 aliphatic rings. The summed E-state index contributed by atoms with van der Waals surface area (Å²) in [5.74, 6) is 0. The quantitative estimate of drug-likeness (QED) is 0.713. The van der Waals surface area contributed by atoms with Crippen LogP contribution in [0.5, 0.6) is 0 Å². The molecule has 23 heavy (non-hydrogen) atoms. The van der Waals surface area contributed by atoms with Crippen molar-refractivity contribution in [3.63, 3.8) is 0 Å². The van der Waals surface area contributed by atoms with Crippen molar-refractivity contribution in [1.82, 2.24) is 4.98 Å². The van der Waals surface area contributed by atoms with Gasteiger partial charge in [-0.3, -0.25) is 9.98 Å². The number of halogens is 3. The molecule has 3 rings (SSSR count). The van der Waals surface area contributed by atoms with Crippen LogP contribution in [0, 0.1) is 0 Å². The highest BCUT2D eigenvalue weighted by molar-refractivity contribution is 8.00. The van der Waals surface area contributed by atoms with Crippen LogP contribution in [0.15, 0.2) is 46.5 Å². The molecule has 0 amide bonds. The second-order valence-corrected chi connectivity index (χ2v) is 7.23. The Morgan fingerprint density at radius 2 is 1.96 bits per heavy atom. The molecule has 0 radical (unpaired) electrons. The molecule has 0 N–H and O–H groups in total. The van der Waals surface area contributed by atoms with Crippen LogP contribution >= 0.6 is 11.8 Å². The minimum absolute atomic E-state index is 0.388. The largest absolute Gasteiger partial charge is 0.416 e. The summed E-state index contributed by atoms with van der Waals surface area (Å²) in [4.78, 5) is 9.58. The first-order valence-corrected chi connectivity index (χ1v) is 8.11. The molecule has 2 heterocycles. The van der Waals surface area contributed by atoms with E-state index in [1.54, 1.807) is 24.2 Å². The van der Waals surface area contributed by atoms with E-state index in [1.165, 1.54) is 6.07 Å². The smallest absolute Gasteiger partial charge is 0.264 e. The molecule has 0 bridgehead atoms. The Morgan fingerprint density at radius 3 is 2.65 bits per heavy atom. The predicted molar refractivity (Wildman–Crippen MR) is 86.6 cm³/mol. The maximum Gasteiger partial charge on any atom is 0.416 e. The van der Waals surface area contributed by atoms with Crippen LogP contribution in [-0.4, -0.2) is 15.9 Å². The molecular formula is C17H15F3N2S. The number of aromatic nitrogens is 1. The molecule has 2 aromatic rings. The lowest BCUT2D eigenvalue weighted by Gasteiger charge is -2.10. The number of thioether (sulfide) groups is 1. The average molecular weight is 336 g/mol. The fourth-order valence-corrected chi connectivity index (χ4v) is 3.42. The molecule has 1 aromatic heterocycles. The fourth-order valence-electron chi connectivity index (χ4n) is 2.48. The number of hydrogen-bond acceptors (Lipinski definition) is 3. The molecule has 0 saturated carbocycles. The van der Waals surface area contributed by atoms with Crippen molar-refractivity contribution in [1.29, 1.82) is 0 Å². The van der Waals surface area contributed by atoms with Gasteiger partial charge in [0.2, 0.25) is 0 Å². The predicted octanol–water partition coefficient (Wildman–Crippen LogP) is 5.28. The maximum atomic E-state index is 12.8. The third-order valence-electron chi connectivity index (χ3n) is 3.48. The van der Waals surface area contributed by atoms with Gasteiger partial charge in [0.05, 0.1) is 17.0 Å². The van der Waals surface area contributed by atoms with E-state index in [1.807, 2.05) is 6.07 Å². The minimum atomic E-state index is -4.34. The van der Waals surface area contributed by atoms with Crippen LogP contribution in [0.4, 0.5) is 18.9 Å². The van der Waals surface area contributed by atoms with E-state index in [0.717, 1.165) is 33.9 Å². The third kappa shape index (κ3) is 3.42. The van der Waals surface area contributed by atoms with Gasteiger partial charge < -0.3 is 0 Å². The molecule has 0 unspecified atom stereocenters. The lowest BCUT2D eigenvalue weighted by atomic mass is 10.0. The summed E-state index contributed by atoms with van der Waals surface area (Å²) in [5.41, 5.74) is 2.32. The highest BCUT2D eigenvalue weighted by Gasteiger charge is 2.32. The van der Waals surface area contributed by atoms with Crippen molar-refractivity contribution in [2.45, 2.75) is 36.6 Å². The summed E-state index contributed by atoms with van der Waals surface area (Å²) in [6, 6.07) is 5.64. The first-order chi connectivity index (χ1) is 10.8. The number of alkyl halides is 3. The summed E-state index contributed by atoms with van der Waals surface area (Å²) < 4.78 is 38.5. The molecule has 0 spiro atoms. The molecule has 2 nitrogen and oxygen atoms in total. The third-order valence-corrected chi connectivity index (χ3v) is 4.53. The average Bonchev–Trinajstić information content (AvgIpc) is 2.89. The van der Waals surface area contributed by atoms with Crippen LogP contribution in [0.25, 0.3) is 0 Å². The van der Waals surface area contributed by atoms with Crippen molar-refractivity contribution < 1.29 is 13.2 Å². The van der Waals surface area contributed by atoms with Crippen molar-refractivity contribution in [3.8, 4) is 0 Å². The van der Waals surface area contributed by atoms with Gasteiger partial charge in [-0.15, -0.1) is 11.8 Å². The van der Waals surface area contributed by atoms with E-state index < -0.39 is 11.7 Å². The van der Waals surface area contributed by atoms with Crippen molar-refractivity contribution >= 4 is 23.2 Å². The Hall–Kier alpha value is -1.82. The number of nitrogens with zero attached hydrogens (tertiary/aromatic N) is 2. The maximum absolute atomic E-state index is 12.8. The van der Waals surface area contributed by atoms with Gasteiger partial charge in [-0.2, -0.15) is 13.2 Å². The van der Waals surface area contributed by atoms with E-state index in [9.17, 15) is 13.2 Å². The first-order valence-electron chi connectivity index (χ1n) is 7.23. The number of fused-ring (bicyclic) bond motifs is 1. The van der Waals surface area contributed by atoms with Gasteiger partial charge in [-0.1, -0.05) is 19.9 Å². The van der Waals surface area contributed by atoms with Gasteiger partial charge in [0.1, 0.15) is 0 Å². The monoisotopic (exact) mass is 336 g/mol. The van der Waals surface area contributed by atoms with E-state index >= 15 is 0 Å². The van der Waals surface area contributed by atoms with E-state index in [-0.39, 0.29) is 0 Å². The summed E-state index contributed by atoms with van der Waals surface area (Å²) in [7, 11) is 0. The summed E-state index contributed by atoms with van der Waals surface area (Å²) >= 11 is 1.67. The highest BCUT2D eigenvalue weighted by Crippen LogP contribution is 2.37. The number of benzene rings is 1. The first kappa shape index (κ1) is 16.1. The Balaban J connectivity index is 1.97. The summed E-state index contributed by atoms with van der Waals surface area (Å²) in [5, 5.41) is 0.388. The molecule has 0 atom stereocenters. The summed E-state index contributed by atoms with van der Waals surface area (Å²) in [6.45, 7) is 4.17. The molecule has 1 aliphatic heterocycles. The highest BCUT2D eigenvalue weighted by atomic mass is 32.2. The molecule has 6 heteroatoms. The number of hydrogen-bond donors (Lipinski definition) is 0. The molecule has 1 aromatic carbocycles. The topological polar surface area (TPSA) is 25.2 Å². The standard InChI is InChI=1S/C17H15F3N2S/c1-10(2)23-16-9-21-6-5-13(16)15-7-11-3-4-12(17(18,19)20)8-14(11)22-15/h3-6,8-10H,7H2,1-2H3. The van der Waals surface area contributed by atoms with Crippen LogP contribution < -0.4 is 0 Å². The molecule has 0 aliphatic carbocycles. The minimum Gasteiger partial charge on any atom is -0.264 e. The van der Waals surface area contributed by atoms with Crippen molar-refractivity contribution in [2.75, 3.05) is 0 Å². The van der Waals surface area contributed by atoms with Gasteiger partial charge >= 0.3 is 6.18 Å². The van der Waals surface area contributed by atoms with Crippen LogP contribution in [0.2, 0.25) is 0 Å². The van der Waals surface area contributed by atoms with Gasteiger partial charge in [0, 0.05) is 34.5 Å². The van der Waals surface area contributed by atoms with Gasteiger partial charge in [-0.25, -0.2) is 0 Å². The van der Waals surface area contributed by atoms with Crippen molar-refractivity contribution in [3.05, 3.63) is 53.3 Å². The lowest BCUT2D eigenvalue weighted by molar-refractivity contribution is -0.137. The second-order valence-electron chi connectivity index (χ2n) is 5.61. The SMILES string of the molecule is CC(C)Sc1cnccc1C1=Nc2cc(C(F)(F)F)ccc2C1. The Labute approximate surface area is 136 Å². The van der Waals surface area contributed by atoms with Gasteiger partial charge in [-0.05, 0) is 23.8 Å². The van der Waals surface area contributed by atoms with Crippen LogP contribution in [-0.2, 0) is 12.6 Å². The van der Waals surface area contributed by atoms with E-state index in [4.69, 9.17) is 0 Å². The van der Waals surface area contributed by atoms with Crippen molar-refractivity contribution in [2.24, 2.45) is 4.99 Å². The molecular weight excluding hydrogens is 321 g/mol. The lowest BCUT2D eigenvalue weighted by Crippen LogP contribution is -2.05. The zero-order valence-electron chi connectivity index (χ0n) is 12.7. The Bertz CT molecular complexity index is 767. The zero-order valence-corrected chi connectivity index (χ0v) is 13.5. The number of pyridine rings is 1. The molecule has 0 fully saturated rings. The van der Waals surface area contributed by atoms with Gasteiger partial charge in [0.15, 0.2) is 0 Å². The fraction of sp³-hybridized carbons (Fsp3) is 0.294. The zero-order chi connectivity index (χ0) is 16.6. The second kappa shape index (κ2) is 6.00. The molecule has 0 saturated heterocycles. The van der Waals surface area contributed by atoms with E-state index in [0.29, 0.717) is 17.4 Å². The Kier molecular flexibility index (Phi) is 4.19. The summed E-state index contributed by atoms with van der Waals surface area (Å²) in [6.07, 6.45) is -0.329. The van der Waals surface area contributed by atoms with Gasteiger partial charge in [0.25, 0.3) is 0 Å². The molecule has 120 valence electrons. The Morgan fingerprint density at radius 1 is 1.17 bits per heavy atom. The number of aliphatic imine (C=N–C) groups is 1. The van der Waals surface area contributed by atoms with E-state index in [2.05, 4.69) is 23.8 Å². The van der Waals surface area contributed by atoms with Crippen LogP contribution in [0.3, 0.4) is 0 Å². The van der Waals surface area contributed by atoms with Crippen LogP contribution in [0.1, 0.15) is 30.5 Å².